The molecule has 0 bridgehead atoms. The molecule has 0 unspecified atom stereocenters. The van der Waals surface area contributed by atoms with E-state index in [2.05, 4.69) is 9.55 Å². The quantitative estimate of drug-likeness (QED) is 0.268. The van der Waals surface area contributed by atoms with Gasteiger partial charge >= 0.3 is 0 Å². The monoisotopic (exact) mass is 460 g/mol. The minimum absolute atomic E-state index is 0.0688. The molecule has 9 heteroatoms. The number of thioether (sulfide) groups is 1. The maximum Gasteiger partial charge on any atom is 0.193 e. The van der Waals surface area contributed by atoms with Gasteiger partial charge in [0.15, 0.2) is 16.1 Å². The molecule has 0 spiro atoms. The topological polar surface area (TPSA) is 61.9 Å². The van der Waals surface area contributed by atoms with Gasteiger partial charge in [0.2, 0.25) is 0 Å². The van der Waals surface area contributed by atoms with Crippen molar-refractivity contribution in [2.45, 2.75) is 25.5 Å². The van der Waals surface area contributed by atoms with Crippen LogP contribution in [-0.4, -0.2) is 44.4 Å². The second-order valence-corrected chi connectivity index (χ2v) is 9.07. The number of carbonyl (C=O) groups is 1. The number of hydrogen-bond donors (Lipinski definition) is 0. The van der Waals surface area contributed by atoms with Crippen LogP contribution in [0, 0.1) is 13.8 Å². The summed E-state index contributed by atoms with van der Waals surface area (Å²) in [6.07, 6.45) is 1.77. The Kier molecular flexibility index (Phi) is 6.29. The van der Waals surface area contributed by atoms with E-state index in [1.165, 1.54) is 11.8 Å². The van der Waals surface area contributed by atoms with Crippen LogP contribution in [0.2, 0.25) is 5.02 Å². The van der Waals surface area contributed by atoms with E-state index in [0.29, 0.717) is 23.9 Å². The minimum atomic E-state index is 0.0688. The number of thiazole rings is 1. The Morgan fingerprint density at radius 2 is 2.13 bits per heavy atom. The SMILES string of the molecule is COCCn1c(SCC(=O)c2cc(C)n(-c3nccs3)c2C)nc2cc(Cl)ccc21. The first-order chi connectivity index (χ1) is 14.5. The van der Waals surface area contributed by atoms with E-state index in [1.54, 1.807) is 24.6 Å². The molecule has 4 rings (SSSR count). The number of ketones is 1. The van der Waals surface area contributed by atoms with Gasteiger partial charge in [-0.25, -0.2) is 9.97 Å². The van der Waals surface area contributed by atoms with Crippen LogP contribution in [0.25, 0.3) is 16.2 Å². The number of nitrogens with zero attached hydrogens (tertiary/aromatic N) is 4. The Morgan fingerprint density at radius 1 is 1.30 bits per heavy atom. The van der Waals surface area contributed by atoms with Crippen LogP contribution in [0.1, 0.15) is 21.7 Å². The van der Waals surface area contributed by atoms with Crippen molar-refractivity contribution in [2.24, 2.45) is 0 Å². The molecule has 0 aliphatic carbocycles. The molecule has 1 aromatic carbocycles. The molecule has 0 aliphatic heterocycles. The molecular formula is C21H21ClN4O2S2. The van der Waals surface area contributed by atoms with E-state index >= 15 is 0 Å². The van der Waals surface area contributed by atoms with Crippen molar-refractivity contribution in [1.82, 2.24) is 19.1 Å². The van der Waals surface area contributed by atoms with Gasteiger partial charge in [-0.15, -0.1) is 11.3 Å². The van der Waals surface area contributed by atoms with Crippen LogP contribution in [-0.2, 0) is 11.3 Å². The first-order valence-corrected chi connectivity index (χ1v) is 11.6. The van der Waals surface area contributed by atoms with Gasteiger partial charge < -0.3 is 9.30 Å². The third-order valence-electron chi connectivity index (χ3n) is 4.87. The largest absolute Gasteiger partial charge is 0.383 e. The van der Waals surface area contributed by atoms with Crippen LogP contribution in [0.3, 0.4) is 0 Å². The maximum atomic E-state index is 13.0. The predicted molar refractivity (Wildman–Crippen MR) is 123 cm³/mol. The number of halogens is 1. The minimum Gasteiger partial charge on any atom is -0.383 e. The lowest BCUT2D eigenvalue weighted by Gasteiger charge is -2.08. The van der Waals surface area contributed by atoms with Crippen molar-refractivity contribution < 1.29 is 9.53 Å². The molecule has 0 saturated carbocycles. The van der Waals surface area contributed by atoms with E-state index in [1.807, 2.05) is 48.1 Å². The van der Waals surface area contributed by atoms with Crippen molar-refractivity contribution in [3.63, 3.8) is 0 Å². The van der Waals surface area contributed by atoms with Crippen LogP contribution in [0.5, 0.6) is 0 Å². The van der Waals surface area contributed by atoms with Crippen LogP contribution in [0.4, 0.5) is 0 Å². The molecule has 0 aliphatic rings. The second kappa shape index (κ2) is 8.93. The van der Waals surface area contributed by atoms with Crippen molar-refractivity contribution in [3.8, 4) is 5.13 Å². The average Bonchev–Trinajstić information content (AvgIpc) is 3.42. The Hall–Kier alpha value is -2.13. The normalized spacial score (nSPS) is 11.5. The molecule has 156 valence electrons. The Balaban J connectivity index is 1.58. The fourth-order valence-corrected chi connectivity index (χ4v) is 5.31. The van der Waals surface area contributed by atoms with Gasteiger partial charge in [0.1, 0.15) is 0 Å². The number of imidazole rings is 1. The summed E-state index contributed by atoms with van der Waals surface area (Å²) < 4.78 is 9.35. The van der Waals surface area contributed by atoms with E-state index in [4.69, 9.17) is 21.3 Å². The number of Topliss-reactive ketones (excluding diaryl/α,β-unsaturated/α-hetero) is 1. The van der Waals surface area contributed by atoms with Gasteiger partial charge in [0, 0.05) is 47.2 Å². The second-order valence-electron chi connectivity index (χ2n) is 6.82. The Labute approximate surface area is 187 Å². The van der Waals surface area contributed by atoms with E-state index in [-0.39, 0.29) is 5.78 Å². The number of aromatic nitrogens is 4. The highest BCUT2D eigenvalue weighted by Crippen LogP contribution is 2.28. The molecule has 4 aromatic rings. The van der Waals surface area contributed by atoms with Gasteiger partial charge in [0.05, 0.1) is 23.4 Å². The standard InChI is InChI=1S/C21H21ClN4O2S2/c1-13-10-16(14(2)26(13)20-23-6-9-29-20)19(27)12-30-21-24-17-11-15(22)4-5-18(17)25(21)7-8-28-3/h4-6,9-11H,7-8,12H2,1-3H3. The molecule has 3 heterocycles. The van der Waals surface area contributed by atoms with Gasteiger partial charge in [-0.1, -0.05) is 23.4 Å². The zero-order valence-corrected chi connectivity index (χ0v) is 19.3. The lowest BCUT2D eigenvalue weighted by atomic mass is 10.2. The number of ether oxygens (including phenoxy) is 1. The molecule has 0 saturated heterocycles. The third kappa shape index (κ3) is 4.05. The van der Waals surface area contributed by atoms with Crippen molar-refractivity contribution in [3.05, 3.63) is 57.8 Å². The highest BCUT2D eigenvalue weighted by Gasteiger charge is 2.19. The van der Waals surface area contributed by atoms with Gasteiger partial charge in [-0.05, 0) is 38.1 Å². The lowest BCUT2D eigenvalue weighted by molar-refractivity contribution is 0.102. The summed E-state index contributed by atoms with van der Waals surface area (Å²) in [5.41, 5.74) is 4.42. The van der Waals surface area contributed by atoms with Crippen molar-refractivity contribution in [1.29, 1.82) is 0 Å². The summed E-state index contributed by atoms with van der Waals surface area (Å²) in [5, 5.41) is 4.23. The summed E-state index contributed by atoms with van der Waals surface area (Å²) in [5.74, 6) is 0.367. The molecule has 30 heavy (non-hydrogen) atoms. The lowest BCUT2D eigenvalue weighted by Crippen LogP contribution is -2.08. The number of benzene rings is 1. The van der Waals surface area contributed by atoms with E-state index in [9.17, 15) is 4.79 Å². The van der Waals surface area contributed by atoms with Crippen molar-refractivity contribution in [2.75, 3.05) is 19.5 Å². The van der Waals surface area contributed by atoms with E-state index in [0.717, 1.165) is 38.3 Å². The smallest absolute Gasteiger partial charge is 0.193 e. The fraction of sp³-hybridized carbons (Fsp3) is 0.286. The highest BCUT2D eigenvalue weighted by atomic mass is 35.5. The Morgan fingerprint density at radius 3 is 2.87 bits per heavy atom. The van der Waals surface area contributed by atoms with Gasteiger partial charge in [-0.2, -0.15) is 0 Å². The predicted octanol–water partition coefficient (Wildman–Crippen LogP) is 5.18. The molecule has 3 aromatic heterocycles. The summed E-state index contributed by atoms with van der Waals surface area (Å²) in [6.45, 7) is 5.17. The number of methoxy groups -OCH3 is 1. The number of rotatable bonds is 8. The van der Waals surface area contributed by atoms with Crippen LogP contribution >= 0.6 is 34.7 Å². The fourth-order valence-electron chi connectivity index (χ4n) is 3.46. The van der Waals surface area contributed by atoms with Crippen LogP contribution in [0.15, 0.2) is 41.0 Å². The first kappa shape index (κ1) is 21.1. The summed E-state index contributed by atoms with van der Waals surface area (Å²) >= 11 is 9.11. The maximum absolute atomic E-state index is 13.0. The zero-order valence-electron chi connectivity index (χ0n) is 16.9. The number of carbonyl (C=O) groups excluding carboxylic acids is 1. The summed E-state index contributed by atoms with van der Waals surface area (Å²) in [7, 11) is 1.67. The molecule has 0 radical (unpaired) electrons. The molecular weight excluding hydrogens is 440 g/mol. The molecule has 0 N–H and O–H groups in total. The average molecular weight is 461 g/mol. The first-order valence-electron chi connectivity index (χ1n) is 9.39. The Bertz CT molecular complexity index is 1200. The highest BCUT2D eigenvalue weighted by molar-refractivity contribution is 7.99. The number of fused-ring (bicyclic) bond motifs is 1. The summed E-state index contributed by atoms with van der Waals surface area (Å²) in [4.78, 5) is 22.1. The van der Waals surface area contributed by atoms with Gasteiger partial charge in [0.25, 0.3) is 0 Å². The number of aryl methyl sites for hydroxylation is 1. The third-order valence-corrected chi connectivity index (χ3v) is 6.84. The van der Waals surface area contributed by atoms with E-state index < -0.39 is 0 Å². The molecule has 0 amide bonds. The molecule has 0 fully saturated rings. The number of hydrogen-bond acceptors (Lipinski definition) is 6. The van der Waals surface area contributed by atoms with Gasteiger partial charge in [-0.3, -0.25) is 9.36 Å². The molecule has 0 atom stereocenters. The zero-order chi connectivity index (χ0) is 21.3. The van der Waals surface area contributed by atoms with Crippen LogP contribution < -0.4 is 0 Å². The van der Waals surface area contributed by atoms with Crippen molar-refractivity contribution >= 4 is 51.5 Å². The summed E-state index contributed by atoms with van der Waals surface area (Å²) in [6, 6.07) is 7.58. The molecule has 6 nitrogen and oxygen atoms in total.